The molecule has 0 N–H and O–H groups in total. The van der Waals surface area contributed by atoms with E-state index in [-0.39, 0.29) is 12.0 Å². The molecule has 0 bridgehead atoms. The van der Waals surface area contributed by atoms with Crippen molar-refractivity contribution >= 4 is 22.6 Å². The molecule has 0 aromatic heterocycles. The summed E-state index contributed by atoms with van der Waals surface area (Å²) < 4.78 is 57.6. The Bertz CT molecular complexity index is 636. The van der Waals surface area contributed by atoms with Crippen molar-refractivity contribution < 1.29 is 22.3 Å². The van der Waals surface area contributed by atoms with E-state index in [1.807, 2.05) is 0 Å². The lowest BCUT2D eigenvalue weighted by atomic mass is 9.80. The maximum absolute atomic E-state index is 14.1. The van der Waals surface area contributed by atoms with E-state index in [1.54, 1.807) is 0 Å². The van der Waals surface area contributed by atoms with E-state index in [2.05, 4.69) is 6.92 Å². The number of hydrogen-bond donors (Lipinski definition) is 0. The molecule has 2 fully saturated rings. The smallest absolute Gasteiger partial charge is 0.327 e. The van der Waals surface area contributed by atoms with Gasteiger partial charge in [-0.05, 0) is 74.0 Å². The maximum atomic E-state index is 14.1. The van der Waals surface area contributed by atoms with E-state index >= 15 is 0 Å². The lowest BCUT2D eigenvalue weighted by Crippen LogP contribution is -2.25. The minimum absolute atomic E-state index is 0.000200. The molecule has 0 atom stereocenters. The topological polar surface area (TPSA) is 9.23 Å². The molecule has 2 saturated carbocycles. The van der Waals surface area contributed by atoms with Crippen LogP contribution >= 0.6 is 22.6 Å². The van der Waals surface area contributed by atoms with Gasteiger partial charge in [0, 0.05) is 29.2 Å². The van der Waals surface area contributed by atoms with Gasteiger partial charge in [0.25, 0.3) is 0 Å². The van der Waals surface area contributed by atoms with Crippen LogP contribution in [0.25, 0.3) is 0 Å². The summed E-state index contributed by atoms with van der Waals surface area (Å²) in [4.78, 5) is 0. The summed E-state index contributed by atoms with van der Waals surface area (Å²) >= 11 is 0.765. The van der Waals surface area contributed by atoms with E-state index in [4.69, 9.17) is 4.74 Å². The highest BCUT2D eigenvalue weighted by Crippen LogP contribution is 2.41. The van der Waals surface area contributed by atoms with Crippen molar-refractivity contribution in [1.29, 1.82) is 0 Å². The predicted octanol–water partition coefficient (Wildman–Crippen LogP) is 8.10. The summed E-state index contributed by atoms with van der Waals surface area (Å²) in [5.41, 5.74) is -0.662. The van der Waals surface area contributed by atoms with Crippen LogP contribution in [0, 0.1) is 23.5 Å². The first-order valence-electron chi connectivity index (χ1n) is 11.0. The predicted molar refractivity (Wildman–Crippen MR) is 116 cm³/mol. The quantitative estimate of drug-likeness (QED) is 0.198. The molecule has 0 amide bonds. The normalized spacial score (nSPS) is 28.5. The van der Waals surface area contributed by atoms with E-state index in [0.29, 0.717) is 11.5 Å². The summed E-state index contributed by atoms with van der Waals surface area (Å²) in [6, 6.07) is 2.18. The zero-order valence-corrected chi connectivity index (χ0v) is 19.2. The monoisotopic (exact) mass is 526 g/mol. The second-order valence-corrected chi connectivity index (χ2v) is 10.2. The third-order valence-corrected chi connectivity index (χ3v) is 7.26. The molecule has 164 valence electrons. The number of hydrogen-bond acceptors (Lipinski definition) is 1. The van der Waals surface area contributed by atoms with Crippen LogP contribution in [0.4, 0.5) is 17.6 Å². The first-order chi connectivity index (χ1) is 13.8. The van der Waals surface area contributed by atoms with Crippen LogP contribution < -0.4 is 0 Å². The fourth-order valence-electron chi connectivity index (χ4n) is 5.03. The highest BCUT2D eigenvalue weighted by Gasteiger charge is 2.35. The highest BCUT2D eigenvalue weighted by atomic mass is 127. The van der Waals surface area contributed by atoms with Crippen LogP contribution in [-0.2, 0) is 8.67 Å². The third kappa shape index (κ3) is 6.31. The highest BCUT2D eigenvalue weighted by molar-refractivity contribution is 14.1. The standard InChI is InChI=1S/C23H31F4IO/c1-2-3-15-4-6-16(7-5-15)14-29-19-10-8-17(9-11-19)18-12-20(24)22(21(25)13-18)23(26,27)28/h12-13,15-17,19H,2-11,14H2,1H3. The van der Waals surface area contributed by atoms with Gasteiger partial charge in [0.1, 0.15) is 17.2 Å². The van der Waals surface area contributed by atoms with Crippen LogP contribution in [0.3, 0.4) is 0 Å². The molecule has 0 spiro atoms. The molecule has 0 radical (unpaired) electrons. The van der Waals surface area contributed by atoms with Gasteiger partial charge in [0.15, 0.2) is 0 Å². The van der Waals surface area contributed by atoms with Crippen LogP contribution in [0.1, 0.15) is 88.2 Å². The summed E-state index contributed by atoms with van der Waals surface area (Å²) in [5, 5.41) is 0. The maximum Gasteiger partial charge on any atom is 0.327 e. The number of alkyl halides is 3. The Labute approximate surface area is 185 Å². The zero-order valence-electron chi connectivity index (χ0n) is 17.0. The molecule has 6 heteroatoms. The Morgan fingerprint density at radius 3 is 2.00 bits per heavy atom. The van der Waals surface area contributed by atoms with Crippen molar-refractivity contribution in [3.63, 3.8) is 0 Å². The van der Waals surface area contributed by atoms with Crippen molar-refractivity contribution in [3.8, 4) is 0 Å². The lowest BCUT2D eigenvalue weighted by Gasteiger charge is -2.32. The van der Waals surface area contributed by atoms with Crippen LogP contribution in [-0.4, -0.2) is 12.7 Å². The fraction of sp³-hybridized carbons (Fsp3) is 0.739. The second kappa shape index (κ2) is 10.3. The molecule has 0 heterocycles. The first kappa shape index (κ1) is 23.3. The Hall–Kier alpha value is -0.370. The van der Waals surface area contributed by atoms with Gasteiger partial charge in [-0.1, -0.05) is 32.6 Å². The van der Waals surface area contributed by atoms with Crippen molar-refractivity contribution in [2.24, 2.45) is 11.8 Å². The molecule has 29 heavy (non-hydrogen) atoms. The number of halogens is 5. The van der Waals surface area contributed by atoms with Crippen molar-refractivity contribution in [2.45, 2.75) is 87.1 Å². The number of benzene rings is 1. The van der Waals surface area contributed by atoms with Gasteiger partial charge in [-0.15, -0.1) is 0 Å². The minimum Gasteiger partial charge on any atom is -0.378 e. The summed E-state index contributed by atoms with van der Waals surface area (Å²) in [6.07, 6.45) is 11.2. The Morgan fingerprint density at radius 2 is 1.48 bits per heavy atom. The van der Waals surface area contributed by atoms with Crippen molar-refractivity contribution in [2.75, 3.05) is 6.61 Å². The second-order valence-electron chi connectivity index (χ2n) is 8.84. The van der Waals surface area contributed by atoms with Gasteiger partial charge in [-0.25, -0.2) is 8.78 Å². The molecule has 1 aromatic carbocycles. The fourth-order valence-corrected chi connectivity index (χ4v) is 5.54. The van der Waals surface area contributed by atoms with E-state index in [0.717, 1.165) is 72.9 Å². The average Bonchev–Trinajstić information content (AvgIpc) is 2.66. The lowest BCUT2D eigenvalue weighted by molar-refractivity contribution is -0.00481. The molecule has 1 aromatic rings. The molecule has 3 rings (SSSR count). The Kier molecular flexibility index (Phi) is 8.27. The van der Waals surface area contributed by atoms with Gasteiger partial charge < -0.3 is 4.74 Å². The van der Waals surface area contributed by atoms with Gasteiger partial charge >= 0.3 is 3.93 Å². The van der Waals surface area contributed by atoms with Gasteiger partial charge in [-0.2, -0.15) is 8.78 Å². The molecule has 2 aliphatic carbocycles. The first-order valence-corrected chi connectivity index (χ1v) is 12.0. The van der Waals surface area contributed by atoms with E-state index in [1.165, 1.54) is 38.5 Å². The molecule has 1 nitrogen and oxygen atoms in total. The third-order valence-electron chi connectivity index (χ3n) is 6.72. The van der Waals surface area contributed by atoms with Gasteiger partial charge in [-0.3, -0.25) is 0 Å². The number of rotatable bonds is 7. The van der Waals surface area contributed by atoms with Gasteiger partial charge in [0.05, 0.1) is 6.10 Å². The van der Waals surface area contributed by atoms with E-state index < -0.39 is 21.1 Å². The van der Waals surface area contributed by atoms with Crippen LogP contribution in [0.5, 0.6) is 0 Å². The minimum atomic E-state index is -3.55. The summed E-state index contributed by atoms with van der Waals surface area (Å²) in [5.74, 6) is -0.759. The van der Waals surface area contributed by atoms with Crippen LogP contribution in [0.15, 0.2) is 12.1 Å². The molecular formula is C23H31F4IO. The zero-order chi connectivity index (χ0) is 21.0. The molecular weight excluding hydrogens is 495 g/mol. The molecule has 0 saturated heterocycles. The van der Waals surface area contributed by atoms with E-state index in [9.17, 15) is 17.6 Å². The Morgan fingerprint density at radius 1 is 0.931 bits per heavy atom. The molecule has 0 unspecified atom stereocenters. The van der Waals surface area contributed by atoms with Crippen molar-refractivity contribution in [1.82, 2.24) is 0 Å². The van der Waals surface area contributed by atoms with Crippen molar-refractivity contribution in [3.05, 3.63) is 34.9 Å². The largest absolute Gasteiger partial charge is 0.378 e. The van der Waals surface area contributed by atoms with Gasteiger partial charge in [0.2, 0.25) is 0 Å². The molecule has 0 aliphatic heterocycles. The SMILES string of the molecule is CCCC1CCC(COC2CCC(c3cc(F)c(C(F)(F)I)c(F)c3)CC2)CC1. The van der Waals surface area contributed by atoms with Crippen LogP contribution in [0.2, 0.25) is 0 Å². The summed E-state index contributed by atoms with van der Waals surface area (Å²) in [7, 11) is 0. The average molecular weight is 526 g/mol. The number of ether oxygens (including phenoxy) is 1. The molecule has 2 aliphatic rings. The Balaban J connectivity index is 1.46. The summed E-state index contributed by atoms with van der Waals surface area (Å²) in [6.45, 7) is 3.07.